The highest BCUT2D eigenvalue weighted by molar-refractivity contribution is 5.95. The molecule has 0 aliphatic rings. The molecule has 1 aromatic carbocycles. The summed E-state index contributed by atoms with van der Waals surface area (Å²) in [5.41, 5.74) is 1.11. The molecule has 0 aliphatic carbocycles. The number of hydrogen-bond acceptors (Lipinski definition) is 6. The molecule has 42 heavy (non-hydrogen) atoms. The Morgan fingerprint density at radius 3 is 2.50 bits per heavy atom. The molecule has 0 fully saturated rings. The molecular formula is C30H39FN6O5. The predicted octanol–water partition coefficient (Wildman–Crippen LogP) is 3.93. The fourth-order valence-corrected chi connectivity index (χ4v) is 4.13. The van der Waals surface area contributed by atoms with E-state index in [4.69, 9.17) is 4.74 Å². The summed E-state index contributed by atoms with van der Waals surface area (Å²) in [7, 11) is 6.20. The Bertz CT molecular complexity index is 1530. The van der Waals surface area contributed by atoms with Gasteiger partial charge in [-0.3, -0.25) is 14.4 Å². The van der Waals surface area contributed by atoms with E-state index in [0.29, 0.717) is 17.8 Å². The molecule has 12 heteroatoms. The number of nitrogens with zero attached hydrogens (tertiary/aromatic N) is 4. The van der Waals surface area contributed by atoms with Crippen molar-refractivity contribution in [3.05, 3.63) is 70.2 Å². The molecule has 2 aromatic heterocycles. The molecule has 2 N–H and O–H groups in total. The number of hydrogen-bond donors (Lipinski definition) is 2. The first-order valence-electron chi connectivity index (χ1n) is 13.6. The number of ether oxygens (including phenoxy) is 1. The van der Waals surface area contributed by atoms with Gasteiger partial charge in [-0.05, 0) is 54.5 Å². The zero-order valence-corrected chi connectivity index (χ0v) is 25.2. The molecular weight excluding hydrogens is 543 g/mol. The van der Waals surface area contributed by atoms with E-state index in [1.54, 1.807) is 32.3 Å². The highest BCUT2D eigenvalue weighted by atomic mass is 19.1. The maximum absolute atomic E-state index is 14.6. The van der Waals surface area contributed by atoms with Gasteiger partial charge in [0.1, 0.15) is 22.8 Å². The number of amides is 3. The second-order valence-corrected chi connectivity index (χ2v) is 11.7. The topological polar surface area (TPSA) is 130 Å². The van der Waals surface area contributed by atoms with Gasteiger partial charge < -0.3 is 29.4 Å². The van der Waals surface area contributed by atoms with Gasteiger partial charge in [-0.25, -0.2) is 14.2 Å². The van der Waals surface area contributed by atoms with Crippen LogP contribution in [0.3, 0.4) is 0 Å². The van der Waals surface area contributed by atoms with Crippen LogP contribution in [0.2, 0.25) is 0 Å². The molecule has 3 amide bonds. The lowest BCUT2D eigenvalue weighted by atomic mass is 9.87. The summed E-state index contributed by atoms with van der Waals surface area (Å²) in [4.78, 5) is 60.5. The summed E-state index contributed by atoms with van der Waals surface area (Å²) in [6.07, 6.45) is 3.61. The largest absolute Gasteiger partial charge is 0.436 e. The summed E-state index contributed by atoms with van der Waals surface area (Å²) < 4.78 is 21.3. The number of anilines is 1. The summed E-state index contributed by atoms with van der Waals surface area (Å²) in [5, 5.41) is 2.56. The molecule has 0 saturated heterocycles. The number of pyridine rings is 1. The number of halogens is 1. The predicted molar refractivity (Wildman–Crippen MR) is 159 cm³/mol. The number of aromatic amines is 1. The first-order valence-corrected chi connectivity index (χ1v) is 13.6. The van der Waals surface area contributed by atoms with Crippen molar-refractivity contribution in [1.82, 2.24) is 24.3 Å². The molecule has 11 nitrogen and oxygen atoms in total. The minimum atomic E-state index is -1.22. The van der Waals surface area contributed by atoms with E-state index in [1.807, 2.05) is 0 Å². The molecule has 3 rings (SSSR count). The maximum atomic E-state index is 14.6. The van der Waals surface area contributed by atoms with E-state index in [-0.39, 0.29) is 41.9 Å². The van der Waals surface area contributed by atoms with Gasteiger partial charge in [0, 0.05) is 34.4 Å². The quantitative estimate of drug-likeness (QED) is 0.349. The van der Waals surface area contributed by atoms with Crippen molar-refractivity contribution in [2.75, 3.05) is 33.5 Å². The molecule has 0 saturated carbocycles. The lowest BCUT2D eigenvalue weighted by Crippen LogP contribution is -2.37. The summed E-state index contributed by atoms with van der Waals surface area (Å²) in [5.74, 6) is -0.963. The van der Waals surface area contributed by atoms with Crippen LogP contribution in [0.25, 0.3) is 11.0 Å². The van der Waals surface area contributed by atoms with Gasteiger partial charge in [0.25, 0.3) is 11.5 Å². The molecule has 226 valence electrons. The smallest absolute Gasteiger partial charge is 0.410 e. The third-order valence-corrected chi connectivity index (χ3v) is 6.24. The van der Waals surface area contributed by atoms with Crippen LogP contribution in [0, 0.1) is 11.2 Å². The molecule has 0 spiro atoms. The lowest BCUT2D eigenvalue weighted by Gasteiger charge is -2.19. The van der Waals surface area contributed by atoms with Crippen molar-refractivity contribution < 1.29 is 23.5 Å². The van der Waals surface area contributed by atoms with Crippen molar-refractivity contribution >= 4 is 34.6 Å². The molecule has 0 radical (unpaired) electrons. The van der Waals surface area contributed by atoms with E-state index < -0.39 is 29.5 Å². The number of benzene rings is 1. The maximum Gasteiger partial charge on any atom is 0.410 e. The number of aromatic nitrogens is 3. The molecule has 0 bridgehead atoms. The molecule has 2 heterocycles. The van der Waals surface area contributed by atoms with Gasteiger partial charge in [-0.15, -0.1) is 0 Å². The van der Waals surface area contributed by atoms with Crippen molar-refractivity contribution in [1.29, 1.82) is 0 Å². The average molecular weight is 583 g/mol. The van der Waals surface area contributed by atoms with Gasteiger partial charge in [0.2, 0.25) is 5.91 Å². The first kappa shape index (κ1) is 32.0. The minimum Gasteiger partial charge on any atom is -0.436 e. The molecule has 3 aromatic rings. The number of imidazole rings is 1. The number of fused-ring (bicyclic) bond motifs is 1. The second kappa shape index (κ2) is 13.5. The number of carbonyl (C=O) groups is 3. The van der Waals surface area contributed by atoms with Crippen LogP contribution in [0.4, 0.5) is 14.9 Å². The van der Waals surface area contributed by atoms with E-state index in [0.717, 1.165) is 5.56 Å². The number of nitrogens with one attached hydrogen (secondary N) is 2. The van der Waals surface area contributed by atoms with E-state index in [9.17, 15) is 23.6 Å². The molecule has 1 unspecified atom stereocenters. The zero-order valence-electron chi connectivity index (χ0n) is 25.2. The fourth-order valence-electron chi connectivity index (χ4n) is 4.13. The fraction of sp³-hybridized carbons (Fsp3) is 0.433. The van der Waals surface area contributed by atoms with Crippen LogP contribution in [0.15, 0.2) is 47.4 Å². The number of likely N-dealkylation sites (N-methyl/N-ethyl adjacent to an activating group) is 1. The monoisotopic (exact) mass is 582 g/mol. The normalized spacial score (nSPS) is 12.4. The average Bonchev–Trinajstić information content (AvgIpc) is 3.33. The number of H-pyrrole nitrogens is 1. The Morgan fingerprint density at radius 2 is 1.86 bits per heavy atom. The van der Waals surface area contributed by atoms with Crippen LogP contribution in [0.5, 0.6) is 0 Å². The standard InChI is InChI=1S/C30H39FN6O5/c1-30(2,3)17-19-14-15-20(31)26-25(19)33-23(34-26)18-37-16-10-11-21(28(37)40)32-27(39)22(42-29(41)36(6)7)12-8-9-13-24(38)35(4)5/h9-11,13-16,22H,8,12,17-18H2,1-7H3,(H,32,39)(H,33,34)/b13-9+. The van der Waals surface area contributed by atoms with Crippen molar-refractivity contribution in [2.45, 2.75) is 52.7 Å². The van der Waals surface area contributed by atoms with Crippen LogP contribution >= 0.6 is 0 Å². The Morgan fingerprint density at radius 1 is 1.14 bits per heavy atom. The molecule has 1 atom stereocenters. The highest BCUT2D eigenvalue weighted by Crippen LogP contribution is 2.27. The third kappa shape index (κ3) is 8.51. The van der Waals surface area contributed by atoms with Crippen molar-refractivity contribution in [3.8, 4) is 0 Å². The van der Waals surface area contributed by atoms with E-state index in [2.05, 4.69) is 36.1 Å². The summed E-state index contributed by atoms with van der Waals surface area (Å²) in [6.45, 7) is 6.27. The van der Waals surface area contributed by atoms with Gasteiger partial charge in [0.15, 0.2) is 6.10 Å². The van der Waals surface area contributed by atoms with Crippen molar-refractivity contribution in [3.63, 3.8) is 0 Å². The first-order chi connectivity index (χ1) is 19.7. The summed E-state index contributed by atoms with van der Waals surface area (Å²) in [6, 6.07) is 6.16. The Kier molecular flexibility index (Phi) is 10.3. The SMILES string of the molecule is CN(C)C(=O)/C=C/CCC(OC(=O)N(C)C)C(=O)Nc1cccn(Cc2nc3c(CC(C)(C)C)ccc(F)c3[nH]2)c1=O. The van der Waals surface area contributed by atoms with Crippen molar-refractivity contribution in [2.24, 2.45) is 5.41 Å². The zero-order chi connectivity index (χ0) is 31.2. The summed E-state index contributed by atoms with van der Waals surface area (Å²) >= 11 is 0. The number of carbonyl (C=O) groups excluding carboxylic acids is 3. The minimum absolute atomic E-state index is 0.00929. The number of rotatable bonds is 10. The Hall–Kier alpha value is -4.48. The lowest BCUT2D eigenvalue weighted by molar-refractivity contribution is -0.125. The van der Waals surface area contributed by atoms with Gasteiger partial charge >= 0.3 is 6.09 Å². The number of allylic oxidation sites excluding steroid dienone is 1. The van der Waals surface area contributed by atoms with Crippen LogP contribution in [-0.4, -0.2) is 76.5 Å². The second-order valence-electron chi connectivity index (χ2n) is 11.7. The van der Waals surface area contributed by atoms with Crippen LogP contribution < -0.4 is 10.9 Å². The van der Waals surface area contributed by atoms with E-state index in [1.165, 1.54) is 52.9 Å². The van der Waals surface area contributed by atoms with Gasteiger partial charge in [-0.1, -0.05) is 32.9 Å². The van der Waals surface area contributed by atoms with Crippen LogP contribution in [0.1, 0.15) is 45.0 Å². The highest BCUT2D eigenvalue weighted by Gasteiger charge is 2.25. The van der Waals surface area contributed by atoms with Crippen LogP contribution in [-0.2, 0) is 27.3 Å². The Labute approximate surface area is 244 Å². The Balaban J connectivity index is 1.81. The van der Waals surface area contributed by atoms with E-state index >= 15 is 0 Å². The molecule has 0 aliphatic heterocycles. The van der Waals surface area contributed by atoms with Gasteiger partial charge in [0.05, 0.1) is 12.1 Å². The third-order valence-electron chi connectivity index (χ3n) is 6.24. The van der Waals surface area contributed by atoms with Gasteiger partial charge in [-0.2, -0.15) is 0 Å².